The van der Waals surface area contributed by atoms with E-state index in [1.54, 1.807) is 0 Å². The van der Waals surface area contributed by atoms with Crippen LogP contribution in [0.2, 0.25) is 0 Å². The van der Waals surface area contributed by atoms with Crippen LogP contribution in [0.1, 0.15) is 28.3 Å². The van der Waals surface area contributed by atoms with Crippen LogP contribution in [0.15, 0.2) is 47.4 Å². The molecule has 0 aromatic heterocycles. The van der Waals surface area contributed by atoms with Gasteiger partial charge in [-0.05, 0) is 37.5 Å². The van der Waals surface area contributed by atoms with Gasteiger partial charge in [-0.25, -0.2) is 13.1 Å². The maximum atomic E-state index is 12.6. The van der Waals surface area contributed by atoms with Crippen molar-refractivity contribution in [1.82, 2.24) is 4.72 Å². The van der Waals surface area contributed by atoms with E-state index >= 15 is 0 Å². The minimum Gasteiger partial charge on any atom is -0.323 e. The summed E-state index contributed by atoms with van der Waals surface area (Å²) in [7, 11) is -3.57. The molecule has 1 atom stereocenters. The smallest absolute Gasteiger partial charge is 0.241 e. The number of hydrogen-bond acceptors (Lipinski definition) is 3. The van der Waals surface area contributed by atoms with E-state index in [4.69, 9.17) is 5.73 Å². The second kappa shape index (κ2) is 7.93. The molecule has 1 unspecified atom stereocenters. The van der Waals surface area contributed by atoms with Crippen LogP contribution in [0.4, 0.5) is 0 Å². The first-order valence-electron chi connectivity index (χ1n) is 7.19. The molecule has 0 fully saturated rings. The van der Waals surface area contributed by atoms with Crippen LogP contribution in [-0.4, -0.2) is 15.0 Å². The zero-order chi connectivity index (χ0) is 16.3. The zero-order valence-electron chi connectivity index (χ0n) is 13.5. The van der Waals surface area contributed by atoms with Gasteiger partial charge in [-0.3, -0.25) is 0 Å². The number of aryl methyl sites for hydroxylation is 3. The molecule has 0 aliphatic heterocycles. The van der Waals surface area contributed by atoms with Gasteiger partial charge in [0.2, 0.25) is 10.0 Å². The lowest BCUT2D eigenvalue weighted by molar-refractivity contribution is 0.571. The van der Waals surface area contributed by atoms with Gasteiger partial charge in [0.25, 0.3) is 0 Å². The van der Waals surface area contributed by atoms with Crippen LogP contribution >= 0.6 is 12.4 Å². The second-order valence-electron chi connectivity index (χ2n) is 5.60. The zero-order valence-corrected chi connectivity index (χ0v) is 15.2. The Morgan fingerprint density at radius 1 is 1.04 bits per heavy atom. The minimum absolute atomic E-state index is 0. The topological polar surface area (TPSA) is 72.2 Å². The van der Waals surface area contributed by atoms with Gasteiger partial charge in [0.1, 0.15) is 0 Å². The lowest BCUT2D eigenvalue weighted by atomic mass is 10.1. The van der Waals surface area contributed by atoms with E-state index in [0.717, 1.165) is 22.3 Å². The molecule has 2 aromatic rings. The number of rotatable bonds is 5. The molecule has 0 bridgehead atoms. The Hall–Kier alpha value is -1.40. The standard InChI is InChI=1S/C17H22N2O2S.ClH/c1-12-9-13(2)17(14(3)10-12)22(20,21)19-11-16(18)15-7-5-4-6-8-15;/h4-10,16,19H,11,18H2,1-3H3;1H. The molecule has 4 nitrogen and oxygen atoms in total. The average molecular weight is 355 g/mol. The van der Waals surface area contributed by atoms with Crippen molar-refractivity contribution in [1.29, 1.82) is 0 Å². The number of nitrogens with two attached hydrogens (primary N) is 1. The molecule has 23 heavy (non-hydrogen) atoms. The summed E-state index contributed by atoms with van der Waals surface area (Å²) in [6.07, 6.45) is 0. The summed E-state index contributed by atoms with van der Waals surface area (Å²) in [4.78, 5) is 0.346. The van der Waals surface area contributed by atoms with Crippen LogP contribution in [0, 0.1) is 20.8 Å². The average Bonchev–Trinajstić information content (AvgIpc) is 2.44. The minimum atomic E-state index is -3.57. The van der Waals surface area contributed by atoms with Crippen LogP contribution in [0.5, 0.6) is 0 Å². The number of sulfonamides is 1. The maximum Gasteiger partial charge on any atom is 0.241 e. The van der Waals surface area contributed by atoms with Gasteiger partial charge in [-0.2, -0.15) is 0 Å². The molecular formula is C17H23ClN2O2S. The van der Waals surface area contributed by atoms with Crippen molar-refractivity contribution in [2.24, 2.45) is 5.73 Å². The highest BCUT2D eigenvalue weighted by atomic mass is 35.5. The Morgan fingerprint density at radius 2 is 1.57 bits per heavy atom. The molecule has 0 amide bonds. The first-order chi connectivity index (χ1) is 10.3. The predicted octanol–water partition coefficient (Wildman–Crippen LogP) is 3.01. The van der Waals surface area contributed by atoms with E-state index < -0.39 is 10.0 Å². The number of nitrogens with one attached hydrogen (secondary N) is 1. The van der Waals surface area contributed by atoms with Crippen LogP contribution in [-0.2, 0) is 10.0 Å². The molecule has 0 heterocycles. The molecule has 0 radical (unpaired) electrons. The van der Waals surface area contributed by atoms with Crippen molar-refractivity contribution in [2.45, 2.75) is 31.7 Å². The molecule has 0 saturated heterocycles. The molecule has 0 spiro atoms. The van der Waals surface area contributed by atoms with Gasteiger partial charge >= 0.3 is 0 Å². The summed E-state index contributed by atoms with van der Waals surface area (Å²) in [5, 5.41) is 0. The summed E-state index contributed by atoms with van der Waals surface area (Å²) in [6, 6.07) is 12.8. The van der Waals surface area contributed by atoms with Gasteiger partial charge in [-0.15, -0.1) is 12.4 Å². The monoisotopic (exact) mass is 354 g/mol. The first kappa shape index (κ1) is 19.6. The predicted molar refractivity (Wildman–Crippen MR) is 96.5 cm³/mol. The number of halogens is 1. The Bertz CT molecular complexity index is 738. The molecular weight excluding hydrogens is 332 g/mol. The Labute approximate surface area is 144 Å². The summed E-state index contributed by atoms with van der Waals surface area (Å²) in [5.74, 6) is 0. The Kier molecular flexibility index (Phi) is 6.77. The van der Waals surface area contributed by atoms with E-state index in [1.807, 2.05) is 63.2 Å². The maximum absolute atomic E-state index is 12.6. The van der Waals surface area contributed by atoms with Gasteiger partial charge in [-0.1, -0.05) is 48.0 Å². The molecule has 6 heteroatoms. The van der Waals surface area contributed by atoms with E-state index in [2.05, 4.69) is 4.72 Å². The summed E-state index contributed by atoms with van der Waals surface area (Å²) >= 11 is 0. The lowest BCUT2D eigenvalue weighted by Gasteiger charge is -2.16. The van der Waals surface area contributed by atoms with Crippen LogP contribution in [0.25, 0.3) is 0 Å². The number of hydrogen-bond donors (Lipinski definition) is 2. The Morgan fingerprint density at radius 3 is 2.09 bits per heavy atom. The van der Waals surface area contributed by atoms with Crippen molar-refractivity contribution >= 4 is 22.4 Å². The van der Waals surface area contributed by atoms with Crippen molar-refractivity contribution in [3.8, 4) is 0 Å². The number of benzene rings is 2. The SMILES string of the molecule is Cc1cc(C)c(S(=O)(=O)NCC(N)c2ccccc2)c(C)c1.Cl. The molecule has 0 aliphatic carbocycles. The molecule has 0 saturated carbocycles. The lowest BCUT2D eigenvalue weighted by Crippen LogP contribution is -2.32. The third-order valence-corrected chi connectivity index (χ3v) is 5.32. The summed E-state index contributed by atoms with van der Waals surface area (Å²) in [6.45, 7) is 5.74. The van der Waals surface area contributed by atoms with Gasteiger partial charge in [0, 0.05) is 12.6 Å². The van der Waals surface area contributed by atoms with E-state index in [1.165, 1.54) is 0 Å². The van der Waals surface area contributed by atoms with E-state index in [9.17, 15) is 8.42 Å². The largest absolute Gasteiger partial charge is 0.323 e. The highest BCUT2D eigenvalue weighted by Gasteiger charge is 2.20. The van der Waals surface area contributed by atoms with Crippen molar-refractivity contribution in [3.63, 3.8) is 0 Å². The highest BCUT2D eigenvalue weighted by Crippen LogP contribution is 2.22. The van der Waals surface area contributed by atoms with Gasteiger partial charge in [0.05, 0.1) is 4.90 Å². The van der Waals surface area contributed by atoms with Crippen LogP contribution in [0.3, 0.4) is 0 Å². The molecule has 3 N–H and O–H groups in total. The summed E-state index contributed by atoms with van der Waals surface area (Å²) in [5.41, 5.74) is 9.51. The molecule has 2 rings (SSSR count). The van der Waals surface area contributed by atoms with Crippen molar-refractivity contribution in [3.05, 3.63) is 64.7 Å². The second-order valence-corrected chi connectivity index (χ2v) is 7.30. The molecule has 126 valence electrons. The third kappa shape index (κ3) is 4.78. The fourth-order valence-corrected chi connectivity index (χ4v) is 4.19. The third-order valence-electron chi connectivity index (χ3n) is 3.59. The highest BCUT2D eigenvalue weighted by molar-refractivity contribution is 7.89. The van der Waals surface area contributed by atoms with Gasteiger partial charge in [0.15, 0.2) is 0 Å². The van der Waals surface area contributed by atoms with Crippen LogP contribution < -0.4 is 10.5 Å². The fourth-order valence-electron chi connectivity index (χ4n) is 2.68. The normalized spacial score (nSPS) is 12.5. The quantitative estimate of drug-likeness (QED) is 0.866. The van der Waals surface area contributed by atoms with Gasteiger partial charge < -0.3 is 5.73 Å². The first-order valence-corrected chi connectivity index (χ1v) is 8.67. The Balaban J connectivity index is 0.00000264. The molecule has 2 aromatic carbocycles. The molecule has 0 aliphatic rings. The van der Waals surface area contributed by atoms with E-state index in [-0.39, 0.29) is 25.0 Å². The van der Waals surface area contributed by atoms with Crippen molar-refractivity contribution in [2.75, 3.05) is 6.54 Å². The summed E-state index contributed by atoms with van der Waals surface area (Å²) < 4.78 is 27.7. The van der Waals surface area contributed by atoms with Crippen molar-refractivity contribution < 1.29 is 8.42 Å². The fraction of sp³-hybridized carbons (Fsp3) is 0.294. The van der Waals surface area contributed by atoms with E-state index in [0.29, 0.717) is 4.90 Å².